The first-order valence-corrected chi connectivity index (χ1v) is 6.47. The molecule has 0 saturated heterocycles. The summed E-state index contributed by atoms with van der Waals surface area (Å²) < 4.78 is 0. The predicted molar refractivity (Wildman–Crippen MR) is 75.7 cm³/mol. The zero-order chi connectivity index (χ0) is 12.9. The van der Waals surface area contributed by atoms with E-state index >= 15 is 0 Å². The van der Waals surface area contributed by atoms with E-state index in [9.17, 15) is 0 Å². The van der Waals surface area contributed by atoms with Crippen molar-refractivity contribution < 1.29 is 0 Å². The summed E-state index contributed by atoms with van der Waals surface area (Å²) in [4.78, 5) is 0. The maximum Gasteiger partial charge on any atom is 0.0453 e. The molecule has 0 atom stereocenters. The van der Waals surface area contributed by atoms with E-state index in [0.29, 0.717) is 0 Å². The van der Waals surface area contributed by atoms with Gasteiger partial charge in [0.1, 0.15) is 0 Å². The molecule has 0 aliphatic heterocycles. The molecule has 2 nitrogen and oxygen atoms in total. The molecular formula is C14H23ClN2. The second kappa shape index (κ2) is 6.39. The summed E-state index contributed by atoms with van der Waals surface area (Å²) in [5, 5.41) is 7.67. The van der Waals surface area contributed by atoms with Crippen LogP contribution < -0.4 is 10.6 Å². The first-order valence-electron chi connectivity index (χ1n) is 6.09. The molecule has 1 aromatic rings. The van der Waals surface area contributed by atoms with Crippen molar-refractivity contribution in [1.29, 1.82) is 0 Å². The number of rotatable bonds is 5. The van der Waals surface area contributed by atoms with E-state index in [-0.39, 0.29) is 5.54 Å². The zero-order valence-corrected chi connectivity index (χ0v) is 12.0. The quantitative estimate of drug-likeness (QED) is 0.789. The van der Waals surface area contributed by atoms with E-state index < -0.39 is 0 Å². The van der Waals surface area contributed by atoms with Crippen LogP contribution in [0.4, 0.5) is 0 Å². The Morgan fingerprint density at radius 2 is 1.88 bits per heavy atom. The fourth-order valence-corrected chi connectivity index (χ4v) is 1.85. The molecule has 0 aromatic heterocycles. The van der Waals surface area contributed by atoms with E-state index in [4.69, 9.17) is 11.6 Å². The number of halogens is 1. The van der Waals surface area contributed by atoms with Crippen molar-refractivity contribution in [2.24, 2.45) is 0 Å². The Morgan fingerprint density at radius 1 is 1.18 bits per heavy atom. The topological polar surface area (TPSA) is 24.1 Å². The Kier molecular flexibility index (Phi) is 5.44. The molecule has 2 N–H and O–H groups in total. The van der Waals surface area contributed by atoms with Crippen LogP contribution in [0.1, 0.15) is 31.9 Å². The Labute approximate surface area is 110 Å². The number of benzene rings is 1. The Bertz CT molecular complexity index is 356. The van der Waals surface area contributed by atoms with Crippen molar-refractivity contribution >= 4 is 11.6 Å². The molecule has 0 unspecified atom stereocenters. The summed E-state index contributed by atoms with van der Waals surface area (Å²) in [6.07, 6.45) is 0. The molecule has 0 aliphatic carbocycles. The highest BCUT2D eigenvalue weighted by Crippen LogP contribution is 2.16. The van der Waals surface area contributed by atoms with Crippen LogP contribution >= 0.6 is 11.6 Å². The van der Waals surface area contributed by atoms with Crippen molar-refractivity contribution in [3.05, 3.63) is 34.3 Å². The van der Waals surface area contributed by atoms with Crippen molar-refractivity contribution in [3.63, 3.8) is 0 Å². The molecule has 1 aromatic carbocycles. The summed E-state index contributed by atoms with van der Waals surface area (Å²) in [5.41, 5.74) is 2.55. The molecule has 3 heteroatoms. The lowest BCUT2D eigenvalue weighted by atomic mass is 10.1. The highest BCUT2D eigenvalue weighted by molar-refractivity contribution is 6.31. The molecule has 0 amide bonds. The van der Waals surface area contributed by atoms with Gasteiger partial charge in [-0.15, -0.1) is 0 Å². The van der Waals surface area contributed by atoms with Gasteiger partial charge in [0.15, 0.2) is 0 Å². The molecular weight excluding hydrogens is 232 g/mol. The summed E-state index contributed by atoms with van der Waals surface area (Å²) in [5.74, 6) is 0. The second-order valence-electron chi connectivity index (χ2n) is 5.45. The van der Waals surface area contributed by atoms with Crippen LogP contribution in [0.5, 0.6) is 0 Å². The van der Waals surface area contributed by atoms with Gasteiger partial charge in [0.05, 0.1) is 0 Å². The monoisotopic (exact) mass is 254 g/mol. The van der Waals surface area contributed by atoms with Gasteiger partial charge in [0.2, 0.25) is 0 Å². The number of aryl methyl sites for hydroxylation is 1. The van der Waals surface area contributed by atoms with E-state index in [1.807, 2.05) is 6.07 Å². The molecule has 17 heavy (non-hydrogen) atoms. The maximum absolute atomic E-state index is 6.16. The average molecular weight is 255 g/mol. The van der Waals surface area contributed by atoms with Gasteiger partial charge in [-0.25, -0.2) is 0 Å². The molecule has 0 spiro atoms. The lowest BCUT2D eigenvalue weighted by molar-refractivity contribution is 0.421. The highest BCUT2D eigenvalue weighted by atomic mass is 35.5. The van der Waals surface area contributed by atoms with Crippen LogP contribution in [-0.4, -0.2) is 18.6 Å². The maximum atomic E-state index is 6.16. The fraction of sp³-hybridized carbons (Fsp3) is 0.571. The van der Waals surface area contributed by atoms with Crippen LogP contribution in [0.2, 0.25) is 5.02 Å². The van der Waals surface area contributed by atoms with E-state index in [1.165, 1.54) is 5.56 Å². The van der Waals surface area contributed by atoms with Gasteiger partial charge < -0.3 is 10.6 Å². The van der Waals surface area contributed by atoms with Gasteiger partial charge in [0, 0.05) is 30.2 Å². The van der Waals surface area contributed by atoms with Gasteiger partial charge in [0.25, 0.3) is 0 Å². The fourth-order valence-electron chi connectivity index (χ4n) is 1.54. The molecule has 96 valence electrons. The smallest absolute Gasteiger partial charge is 0.0453 e. The third-order valence-corrected chi connectivity index (χ3v) is 2.83. The summed E-state index contributed by atoms with van der Waals surface area (Å²) in [7, 11) is 0. The third kappa shape index (κ3) is 6.06. The molecule has 0 fully saturated rings. The van der Waals surface area contributed by atoms with Crippen molar-refractivity contribution in [2.75, 3.05) is 13.1 Å². The standard InChI is InChI=1S/C14H23ClN2/c1-11-5-6-12(13(15)9-11)10-16-7-8-17-14(2,3)4/h5-6,9,16-17H,7-8,10H2,1-4H3. The lowest BCUT2D eigenvalue weighted by Crippen LogP contribution is -2.40. The van der Waals surface area contributed by atoms with Gasteiger partial charge in [-0.05, 0) is 44.9 Å². The minimum atomic E-state index is 0.184. The largest absolute Gasteiger partial charge is 0.311 e. The lowest BCUT2D eigenvalue weighted by Gasteiger charge is -2.20. The SMILES string of the molecule is Cc1ccc(CNCCNC(C)(C)C)c(Cl)c1. The van der Waals surface area contributed by atoms with Crippen LogP contribution in [0, 0.1) is 6.92 Å². The van der Waals surface area contributed by atoms with Crippen molar-refractivity contribution in [3.8, 4) is 0 Å². The Hall–Kier alpha value is -0.570. The predicted octanol–water partition coefficient (Wildman–Crippen LogP) is 3.13. The normalized spacial score (nSPS) is 11.8. The van der Waals surface area contributed by atoms with E-state index in [0.717, 1.165) is 30.2 Å². The summed E-state index contributed by atoms with van der Waals surface area (Å²) in [6.45, 7) is 11.3. The second-order valence-corrected chi connectivity index (χ2v) is 5.86. The molecule has 0 radical (unpaired) electrons. The van der Waals surface area contributed by atoms with Crippen molar-refractivity contribution in [1.82, 2.24) is 10.6 Å². The van der Waals surface area contributed by atoms with Gasteiger partial charge in [-0.1, -0.05) is 23.7 Å². The van der Waals surface area contributed by atoms with Crippen LogP contribution in [-0.2, 0) is 6.54 Å². The van der Waals surface area contributed by atoms with Gasteiger partial charge >= 0.3 is 0 Å². The Morgan fingerprint density at radius 3 is 2.47 bits per heavy atom. The highest BCUT2D eigenvalue weighted by Gasteiger charge is 2.07. The number of hydrogen-bond donors (Lipinski definition) is 2. The third-order valence-electron chi connectivity index (χ3n) is 2.48. The molecule has 0 bridgehead atoms. The Balaban J connectivity index is 2.27. The molecule has 0 aliphatic rings. The first kappa shape index (κ1) is 14.5. The molecule has 0 heterocycles. The van der Waals surface area contributed by atoms with Gasteiger partial charge in [-0.2, -0.15) is 0 Å². The molecule has 0 saturated carbocycles. The van der Waals surface area contributed by atoms with E-state index in [1.54, 1.807) is 0 Å². The van der Waals surface area contributed by atoms with Crippen molar-refractivity contribution in [2.45, 2.75) is 39.8 Å². The van der Waals surface area contributed by atoms with E-state index in [2.05, 4.69) is 50.5 Å². The molecule has 1 rings (SSSR count). The minimum Gasteiger partial charge on any atom is -0.311 e. The number of hydrogen-bond acceptors (Lipinski definition) is 2. The van der Waals surface area contributed by atoms with Gasteiger partial charge in [-0.3, -0.25) is 0 Å². The average Bonchev–Trinajstić information content (AvgIpc) is 2.18. The first-order chi connectivity index (χ1) is 7.88. The summed E-state index contributed by atoms with van der Waals surface area (Å²) in [6, 6.07) is 6.18. The number of nitrogens with one attached hydrogen (secondary N) is 2. The van der Waals surface area contributed by atoms with Crippen LogP contribution in [0.15, 0.2) is 18.2 Å². The zero-order valence-electron chi connectivity index (χ0n) is 11.2. The minimum absolute atomic E-state index is 0.184. The van der Waals surface area contributed by atoms with Crippen LogP contribution in [0.25, 0.3) is 0 Å². The summed E-state index contributed by atoms with van der Waals surface area (Å²) >= 11 is 6.16. The van der Waals surface area contributed by atoms with Crippen LogP contribution in [0.3, 0.4) is 0 Å².